The molecule has 0 saturated heterocycles. The van der Waals surface area contributed by atoms with E-state index in [9.17, 15) is 4.79 Å². The van der Waals surface area contributed by atoms with E-state index in [0.29, 0.717) is 38.8 Å². The zero-order valence-electron chi connectivity index (χ0n) is 19.7. The molecule has 0 atom stereocenters. The summed E-state index contributed by atoms with van der Waals surface area (Å²) >= 11 is 0. The lowest BCUT2D eigenvalue weighted by molar-refractivity contribution is 0.0725. The van der Waals surface area contributed by atoms with Gasteiger partial charge in [0, 0.05) is 49.7 Å². The van der Waals surface area contributed by atoms with Crippen molar-refractivity contribution in [2.75, 3.05) is 26.8 Å². The smallest absolute Gasteiger partial charge is 0.285 e. The Morgan fingerprint density at radius 3 is 2.79 bits per heavy atom. The van der Waals surface area contributed by atoms with Crippen molar-refractivity contribution in [3.63, 3.8) is 0 Å². The summed E-state index contributed by atoms with van der Waals surface area (Å²) in [5.74, 6) is 0.736. The van der Waals surface area contributed by atoms with Crippen LogP contribution in [0.1, 0.15) is 32.9 Å². The maximum atomic E-state index is 13.6. The van der Waals surface area contributed by atoms with Crippen molar-refractivity contribution in [3.05, 3.63) is 64.7 Å². The number of amidine groups is 1. The third kappa shape index (κ3) is 4.33. The van der Waals surface area contributed by atoms with E-state index in [1.807, 2.05) is 41.9 Å². The van der Waals surface area contributed by atoms with Crippen LogP contribution in [0.2, 0.25) is 0 Å². The predicted molar refractivity (Wildman–Crippen MR) is 128 cm³/mol. The summed E-state index contributed by atoms with van der Waals surface area (Å²) in [6.07, 6.45) is 4.49. The van der Waals surface area contributed by atoms with E-state index in [1.165, 1.54) is 0 Å². The molecule has 4 heterocycles. The number of hydrogen-bond donors (Lipinski definition) is 1. The Morgan fingerprint density at radius 1 is 1.21 bits per heavy atom. The number of aromatic nitrogens is 3. The second-order valence-corrected chi connectivity index (χ2v) is 8.52. The van der Waals surface area contributed by atoms with E-state index in [2.05, 4.69) is 26.5 Å². The van der Waals surface area contributed by atoms with E-state index in [-0.39, 0.29) is 5.91 Å². The van der Waals surface area contributed by atoms with Gasteiger partial charge in [0.25, 0.3) is 11.9 Å². The highest BCUT2D eigenvalue weighted by Crippen LogP contribution is 2.34. The summed E-state index contributed by atoms with van der Waals surface area (Å²) in [5, 5.41) is 7.77. The molecule has 176 valence electrons. The summed E-state index contributed by atoms with van der Waals surface area (Å²) in [6.45, 7) is 4.84. The standard InChI is InChI=1S/C25H28N6O3/c1-16-23(15-30(2)29-16)21-10-17(13-28-25-27-7-9-34-25)11-22-20(21)5-8-31(24(22)32)14-18-12-19(33-3)4-6-26-18/h4,6,10-12,15H,5,7-9,13-14H2,1-3H3,(H,27,28). The van der Waals surface area contributed by atoms with Crippen LogP contribution in [0.5, 0.6) is 5.75 Å². The average molecular weight is 461 g/mol. The number of carbonyl (C=O) groups is 1. The number of hydrogen-bond acceptors (Lipinski definition) is 7. The van der Waals surface area contributed by atoms with Gasteiger partial charge in [0.15, 0.2) is 0 Å². The van der Waals surface area contributed by atoms with Crippen LogP contribution in [0.15, 0.2) is 41.7 Å². The number of nitrogens with one attached hydrogen (secondary N) is 1. The van der Waals surface area contributed by atoms with Crippen molar-refractivity contribution < 1.29 is 14.3 Å². The Labute approximate surface area is 198 Å². The number of pyridine rings is 1. The number of methoxy groups -OCH3 is 1. The highest BCUT2D eigenvalue weighted by Gasteiger charge is 2.28. The Bertz CT molecular complexity index is 1270. The van der Waals surface area contributed by atoms with Crippen LogP contribution in [0.3, 0.4) is 0 Å². The number of fused-ring (bicyclic) bond motifs is 1. The van der Waals surface area contributed by atoms with Crippen LogP contribution >= 0.6 is 0 Å². The zero-order chi connectivity index (χ0) is 23.7. The zero-order valence-corrected chi connectivity index (χ0v) is 19.7. The van der Waals surface area contributed by atoms with Crippen LogP contribution in [-0.2, 0) is 31.3 Å². The van der Waals surface area contributed by atoms with Crippen LogP contribution in [0, 0.1) is 6.92 Å². The summed E-state index contributed by atoms with van der Waals surface area (Å²) < 4.78 is 12.6. The minimum Gasteiger partial charge on any atom is -0.497 e. The molecule has 2 aliphatic heterocycles. The minimum atomic E-state index is 0.00460. The van der Waals surface area contributed by atoms with Crippen LogP contribution in [0.25, 0.3) is 11.1 Å². The van der Waals surface area contributed by atoms with E-state index >= 15 is 0 Å². The highest BCUT2D eigenvalue weighted by atomic mass is 16.5. The van der Waals surface area contributed by atoms with Crippen molar-refractivity contribution in [1.29, 1.82) is 0 Å². The fourth-order valence-electron chi connectivity index (χ4n) is 4.55. The molecule has 9 heteroatoms. The Balaban J connectivity index is 1.49. The molecule has 0 unspecified atom stereocenters. The molecular weight excluding hydrogens is 432 g/mol. The molecule has 3 aromatic rings. The lowest BCUT2D eigenvalue weighted by Crippen LogP contribution is -2.37. The molecule has 5 rings (SSSR count). The van der Waals surface area contributed by atoms with Gasteiger partial charge in [-0.3, -0.25) is 14.5 Å². The third-order valence-electron chi connectivity index (χ3n) is 6.17. The van der Waals surface area contributed by atoms with Crippen molar-refractivity contribution in [2.45, 2.75) is 26.4 Å². The third-order valence-corrected chi connectivity index (χ3v) is 6.17. The van der Waals surface area contributed by atoms with Gasteiger partial charge in [-0.2, -0.15) is 5.10 Å². The van der Waals surface area contributed by atoms with E-state index < -0.39 is 0 Å². The first-order valence-corrected chi connectivity index (χ1v) is 11.4. The molecule has 9 nitrogen and oxygen atoms in total. The SMILES string of the molecule is COc1ccnc(CN2CCc3c(cc(CNC4=NCCO4)cc3-c3cn(C)nc3C)C2=O)c1. The van der Waals surface area contributed by atoms with E-state index in [0.717, 1.165) is 51.4 Å². The first-order chi connectivity index (χ1) is 16.5. The summed E-state index contributed by atoms with van der Waals surface area (Å²) in [6, 6.07) is 8.36. The second-order valence-electron chi connectivity index (χ2n) is 8.52. The van der Waals surface area contributed by atoms with Gasteiger partial charge in [-0.05, 0) is 48.2 Å². The van der Waals surface area contributed by atoms with E-state index in [4.69, 9.17) is 9.47 Å². The minimum absolute atomic E-state index is 0.00460. The number of aryl methyl sites for hydroxylation is 2. The van der Waals surface area contributed by atoms with Crippen LogP contribution in [0.4, 0.5) is 0 Å². The molecule has 0 saturated carbocycles. The number of rotatable bonds is 6. The van der Waals surface area contributed by atoms with Gasteiger partial charge >= 0.3 is 0 Å². The topological polar surface area (TPSA) is 93.9 Å². The molecule has 0 aliphatic carbocycles. The van der Waals surface area contributed by atoms with Crippen molar-refractivity contribution in [1.82, 2.24) is 25.0 Å². The second kappa shape index (κ2) is 9.17. The van der Waals surface area contributed by atoms with E-state index in [1.54, 1.807) is 19.4 Å². The van der Waals surface area contributed by atoms with Gasteiger partial charge in [-0.25, -0.2) is 4.99 Å². The molecule has 2 aromatic heterocycles. The highest BCUT2D eigenvalue weighted by molar-refractivity contribution is 5.99. The molecule has 34 heavy (non-hydrogen) atoms. The fraction of sp³-hybridized carbons (Fsp3) is 0.360. The number of amides is 1. The van der Waals surface area contributed by atoms with Crippen molar-refractivity contribution in [2.24, 2.45) is 12.0 Å². The van der Waals surface area contributed by atoms with Crippen LogP contribution < -0.4 is 10.1 Å². The fourth-order valence-corrected chi connectivity index (χ4v) is 4.55. The largest absolute Gasteiger partial charge is 0.497 e. The lowest BCUT2D eigenvalue weighted by Gasteiger charge is -2.30. The summed E-state index contributed by atoms with van der Waals surface area (Å²) in [5.41, 5.74) is 6.62. The van der Waals surface area contributed by atoms with Gasteiger partial charge in [0.1, 0.15) is 12.4 Å². The molecule has 1 N–H and O–H groups in total. The van der Waals surface area contributed by atoms with Crippen molar-refractivity contribution in [3.8, 4) is 16.9 Å². The number of aliphatic imine (C=N–C) groups is 1. The Hall–Kier alpha value is -3.88. The summed E-state index contributed by atoms with van der Waals surface area (Å²) in [4.78, 5) is 24.2. The molecule has 0 bridgehead atoms. The Kier molecular flexibility index (Phi) is 5.91. The number of carbonyl (C=O) groups excluding carboxylic acids is 1. The molecule has 0 spiro atoms. The monoisotopic (exact) mass is 460 g/mol. The van der Waals surface area contributed by atoms with Gasteiger partial charge in [-0.1, -0.05) is 0 Å². The first kappa shape index (κ1) is 21.9. The maximum absolute atomic E-state index is 13.6. The number of ether oxygens (including phenoxy) is 2. The van der Waals surface area contributed by atoms with Crippen LogP contribution in [-0.4, -0.2) is 58.4 Å². The molecule has 2 aliphatic rings. The first-order valence-electron chi connectivity index (χ1n) is 11.4. The van der Waals surface area contributed by atoms with Gasteiger partial charge in [0.05, 0.1) is 31.6 Å². The maximum Gasteiger partial charge on any atom is 0.285 e. The molecule has 1 aromatic carbocycles. The lowest BCUT2D eigenvalue weighted by atomic mass is 9.88. The number of benzene rings is 1. The molecule has 0 radical (unpaired) electrons. The Morgan fingerprint density at radius 2 is 2.06 bits per heavy atom. The molecule has 1 amide bonds. The van der Waals surface area contributed by atoms with Crippen molar-refractivity contribution >= 4 is 11.9 Å². The van der Waals surface area contributed by atoms with Gasteiger partial charge in [0.2, 0.25) is 0 Å². The summed E-state index contributed by atoms with van der Waals surface area (Å²) in [7, 11) is 3.54. The normalized spacial score (nSPS) is 15.1. The predicted octanol–water partition coefficient (Wildman–Crippen LogP) is 2.47. The molecule has 0 fully saturated rings. The average Bonchev–Trinajstić information content (AvgIpc) is 3.48. The molecular formula is C25H28N6O3. The quantitative estimate of drug-likeness (QED) is 0.608. The number of nitrogens with zero attached hydrogens (tertiary/aromatic N) is 5. The van der Waals surface area contributed by atoms with Gasteiger partial charge in [-0.15, -0.1) is 0 Å². The van der Waals surface area contributed by atoms with Gasteiger partial charge < -0.3 is 19.7 Å².